The monoisotopic (exact) mass is 224 g/mol. The molecule has 2 rings (SSSR count). The second kappa shape index (κ2) is 4.97. The van der Waals surface area contributed by atoms with E-state index in [-0.39, 0.29) is 0 Å². The quantitative estimate of drug-likeness (QED) is 0.854. The molecule has 1 fully saturated rings. The Bertz CT molecular complexity index is 310. The molecule has 15 heavy (non-hydrogen) atoms. The Kier molecular flexibility index (Phi) is 3.62. The molecule has 1 aliphatic rings. The van der Waals surface area contributed by atoms with E-state index in [1.807, 2.05) is 12.1 Å². The lowest BCUT2D eigenvalue weighted by molar-refractivity contribution is 0.250. The molecule has 3 heteroatoms. The smallest absolute Gasteiger partial charge is 0.0406 e. The van der Waals surface area contributed by atoms with Crippen molar-refractivity contribution < 1.29 is 0 Å². The standard InChI is InChI=1S/C12H17ClN2/c13-11-5-3-10(4-6-11)9-15-7-1-2-12(15)8-14/h3-6,12H,1-2,7-9,14H2/t12-/m0/s1. The fourth-order valence-corrected chi connectivity index (χ4v) is 2.32. The first-order valence-corrected chi connectivity index (χ1v) is 5.86. The molecular weight excluding hydrogens is 208 g/mol. The third kappa shape index (κ3) is 2.71. The van der Waals surface area contributed by atoms with Crippen LogP contribution in [0.4, 0.5) is 0 Å². The van der Waals surface area contributed by atoms with Crippen LogP contribution in [0.15, 0.2) is 24.3 Å². The highest BCUT2D eigenvalue weighted by molar-refractivity contribution is 6.30. The van der Waals surface area contributed by atoms with E-state index in [1.54, 1.807) is 0 Å². The Morgan fingerprint density at radius 1 is 1.33 bits per heavy atom. The summed E-state index contributed by atoms with van der Waals surface area (Å²) in [7, 11) is 0. The van der Waals surface area contributed by atoms with Gasteiger partial charge in [-0.1, -0.05) is 23.7 Å². The molecule has 1 aromatic rings. The van der Waals surface area contributed by atoms with E-state index in [2.05, 4.69) is 17.0 Å². The van der Waals surface area contributed by atoms with Gasteiger partial charge in [-0.15, -0.1) is 0 Å². The number of nitrogens with two attached hydrogens (primary N) is 1. The Labute approximate surface area is 96.0 Å². The summed E-state index contributed by atoms with van der Waals surface area (Å²) >= 11 is 5.85. The largest absolute Gasteiger partial charge is 0.329 e. The summed E-state index contributed by atoms with van der Waals surface area (Å²) in [6.07, 6.45) is 2.51. The van der Waals surface area contributed by atoms with Crippen molar-refractivity contribution in [2.75, 3.05) is 13.1 Å². The van der Waals surface area contributed by atoms with Crippen LogP contribution in [-0.4, -0.2) is 24.0 Å². The first-order chi connectivity index (χ1) is 7.29. The van der Waals surface area contributed by atoms with Crippen molar-refractivity contribution in [1.29, 1.82) is 0 Å². The van der Waals surface area contributed by atoms with Gasteiger partial charge in [-0.05, 0) is 37.1 Å². The van der Waals surface area contributed by atoms with Crippen molar-refractivity contribution in [3.63, 3.8) is 0 Å². The van der Waals surface area contributed by atoms with Gasteiger partial charge >= 0.3 is 0 Å². The van der Waals surface area contributed by atoms with Crippen molar-refractivity contribution >= 4 is 11.6 Å². The van der Waals surface area contributed by atoms with E-state index in [9.17, 15) is 0 Å². The van der Waals surface area contributed by atoms with Crippen LogP contribution in [0.2, 0.25) is 5.02 Å². The molecule has 2 nitrogen and oxygen atoms in total. The van der Waals surface area contributed by atoms with Crippen LogP contribution in [0, 0.1) is 0 Å². The Morgan fingerprint density at radius 2 is 2.07 bits per heavy atom. The first-order valence-electron chi connectivity index (χ1n) is 5.48. The molecule has 0 saturated carbocycles. The summed E-state index contributed by atoms with van der Waals surface area (Å²) in [5.74, 6) is 0. The molecule has 0 radical (unpaired) electrons. The number of benzene rings is 1. The first kappa shape index (κ1) is 10.9. The van der Waals surface area contributed by atoms with Crippen LogP contribution >= 0.6 is 11.6 Å². The summed E-state index contributed by atoms with van der Waals surface area (Å²) in [4.78, 5) is 2.46. The molecule has 2 N–H and O–H groups in total. The Morgan fingerprint density at radius 3 is 2.73 bits per heavy atom. The summed E-state index contributed by atoms with van der Waals surface area (Å²) < 4.78 is 0. The molecule has 82 valence electrons. The average Bonchev–Trinajstić information content (AvgIpc) is 2.69. The SMILES string of the molecule is NC[C@@H]1CCCN1Cc1ccc(Cl)cc1. The van der Waals surface area contributed by atoms with Gasteiger partial charge in [-0.25, -0.2) is 0 Å². The van der Waals surface area contributed by atoms with Crippen LogP contribution in [0.1, 0.15) is 18.4 Å². The van der Waals surface area contributed by atoms with E-state index >= 15 is 0 Å². The van der Waals surface area contributed by atoms with Crippen LogP contribution in [0.25, 0.3) is 0 Å². The number of rotatable bonds is 3. The highest BCUT2D eigenvalue weighted by Crippen LogP contribution is 2.19. The minimum Gasteiger partial charge on any atom is -0.329 e. The van der Waals surface area contributed by atoms with Gasteiger partial charge in [0.15, 0.2) is 0 Å². The predicted molar refractivity (Wildman–Crippen MR) is 63.9 cm³/mol. The van der Waals surface area contributed by atoms with Gasteiger partial charge in [0.05, 0.1) is 0 Å². The van der Waals surface area contributed by atoms with E-state index in [4.69, 9.17) is 17.3 Å². The lowest BCUT2D eigenvalue weighted by Gasteiger charge is -2.23. The molecule has 1 atom stereocenters. The summed E-state index contributed by atoms with van der Waals surface area (Å²) in [5.41, 5.74) is 7.06. The molecule has 0 bridgehead atoms. The second-order valence-electron chi connectivity index (χ2n) is 4.13. The van der Waals surface area contributed by atoms with Gasteiger partial charge in [-0.2, -0.15) is 0 Å². The van der Waals surface area contributed by atoms with Crippen LogP contribution in [0.5, 0.6) is 0 Å². The maximum absolute atomic E-state index is 5.85. The fraction of sp³-hybridized carbons (Fsp3) is 0.500. The number of hydrogen-bond donors (Lipinski definition) is 1. The molecular formula is C12H17ClN2. The van der Waals surface area contributed by atoms with E-state index in [0.29, 0.717) is 6.04 Å². The van der Waals surface area contributed by atoms with Crippen molar-refractivity contribution in [2.24, 2.45) is 5.73 Å². The zero-order valence-corrected chi connectivity index (χ0v) is 9.58. The predicted octanol–water partition coefficient (Wildman–Crippen LogP) is 2.26. The number of nitrogens with zero attached hydrogens (tertiary/aromatic N) is 1. The minimum atomic E-state index is 0.570. The Balaban J connectivity index is 1.99. The zero-order valence-electron chi connectivity index (χ0n) is 8.82. The summed E-state index contributed by atoms with van der Waals surface area (Å²) in [5, 5.41) is 0.801. The van der Waals surface area contributed by atoms with Gasteiger partial charge in [-0.3, -0.25) is 4.90 Å². The Hall–Kier alpha value is -0.570. The molecule has 0 unspecified atom stereocenters. The van der Waals surface area contributed by atoms with Crippen molar-refractivity contribution in [2.45, 2.75) is 25.4 Å². The maximum atomic E-state index is 5.85. The normalized spacial score (nSPS) is 22.1. The van der Waals surface area contributed by atoms with Gasteiger partial charge in [0.2, 0.25) is 0 Å². The highest BCUT2D eigenvalue weighted by atomic mass is 35.5. The van der Waals surface area contributed by atoms with E-state index < -0.39 is 0 Å². The number of halogens is 1. The van der Waals surface area contributed by atoms with Crippen molar-refractivity contribution in [1.82, 2.24) is 4.90 Å². The minimum absolute atomic E-state index is 0.570. The molecule has 1 saturated heterocycles. The lowest BCUT2D eigenvalue weighted by atomic mass is 10.2. The molecule has 1 aromatic carbocycles. The van der Waals surface area contributed by atoms with Gasteiger partial charge in [0.1, 0.15) is 0 Å². The number of likely N-dealkylation sites (tertiary alicyclic amines) is 1. The van der Waals surface area contributed by atoms with E-state index in [1.165, 1.54) is 24.9 Å². The van der Waals surface area contributed by atoms with Crippen LogP contribution < -0.4 is 5.73 Å². The molecule has 0 amide bonds. The molecule has 1 heterocycles. The van der Waals surface area contributed by atoms with Gasteiger partial charge in [0.25, 0.3) is 0 Å². The topological polar surface area (TPSA) is 29.3 Å². The fourth-order valence-electron chi connectivity index (χ4n) is 2.19. The van der Waals surface area contributed by atoms with Crippen molar-refractivity contribution in [3.8, 4) is 0 Å². The second-order valence-corrected chi connectivity index (χ2v) is 4.57. The molecule has 0 aliphatic carbocycles. The summed E-state index contributed by atoms with van der Waals surface area (Å²) in [6, 6.07) is 8.65. The van der Waals surface area contributed by atoms with E-state index in [0.717, 1.165) is 18.1 Å². The van der Waals surface area contributed by atoms with Crippen molar-refractivity contribution in [3.05, 3.63) is 34.9 Å². The molecule has 0 aromatic heterocycles. The third-order valence-electron chi connectivity index (χ3n) is 3.07. The van der Waals surface area contributed by atoms with Crippen LogP contribution in [0.3, 0.4) is 0 Å². The lowest BCUT2D eigenvalue weighted by Crippen LogP contribution is -2.34. The van der Waals surface area contributed by atoms with Crippen LogP contribution in [-0.2, 0) is 6.54 Å². The highest BCUT2D eigenvalue weighted by Gasteiger charge is 2.22. The molecule has 1 aliphatic heterocycles. The number of hydrogen-bond acceptors (Lipinski definition) is 2. The third-order valence-corrected chi connectivity index (χ3v) is 3.32. The maximum Gasteiger partial charge on any atom is 0.0406 e. The van der Waals surface area contributed by atoms with Gasteiger partial charge < -0.3 is 5.73 Å². The average molecular weight is 225 g/mol. The zero-order chi connectivity index (χ0) is 10.7. The van der Waals surface area contributed by atoms with Gasteiger partial charge in [0, 0.05) is 24.2 Å². The summed E-state index contributed by atoms with van der Waals surface area (Å²) in [6.45, 7) is 2.94. The molecule has 0 spiro atoms.